The monoisotopic (exact) mass is 323 g/mol. The highest BCUT2D eigenvalue weighted by atomic mass is 16.5. The van der Waals surface area contributed by atoms with Crippen LogP contribution in [0, 0.1) is 6.92 Å². The predicted molar refractivity (Wildman–Crippen MR) is 95.9 cm³/mol. The van der Waals surface area contributed by atoms with E-state index in [1.54, 1.807) is 0 Å². The Kier molecular flexibility index (Phi) is 4.05. The van der Waals surface area contributed by atoms with Crippen LogP contribution < -0.4 is 0 Å². The average Bonchev–Trinajstić information content (AvgIpc) is 3.01. The van der Waals surface area contributed by atoms with Crippen LogP contribution >= 0.6 is 0 Å². The number of aryl methyl sites for hydroxylation is 1. The first-order chi connectivity index (χ1) is 11.7. The number of amides is 1. The molecule has 2 aliphatic rings. The average molecular weight is 323 g/mol. The van der Waals surface area contributed by atoms with Gasteiger partial charge in [-0.15, -0.1) is 0 Å². The molecule has 2 saturated heterocycles. The van der Waals surface area contributed by atoms with Crippen LogP contribution in [0.4, 0.5) is 0 Å². The van der Waals surface area contributed by atoms with E-state index in [-0.39, 0.29) is 11.5 Å². The van der Waals surface area contributed by atoms with E-state index in [9.17, 15) is 4.79 Å². The Labute approximate surface area is 143 Å². The Morgan fingerprint density at radius 2 is 2.00 bits per heavy atom. The van der Waals surface area contributed by atoms with Crippen molar-refractivity contribution in [3.8, 4) is 0 Å². The number of rotatable bonds is 2. The quantitative estimate of drug-likeness (QED) is 0.828. The van der Waals surface area contributed by atoms with Gasteiger partial charge in [0.25, 0.3) is 0 Å². The van der Waals surface area contributed by atoms with Gasteiger partial charge in [0.2, 0.25) is 5.91 Å². The van der Waals surface area contributed by atoms with Crippen molar-refractivity contribution in [2.45, 2.75) is 51.2 Å². The summed E-state index contributed by atoms with van der Waals surface area (Å²) in [7, 11) is 0. The normalized spacial score (nSPS) is 24.7. The summed E-state index contributed by atoms with van der Waals surface area (Å²) in [5, 5.41) is 2.51. The first-order valence-electron chi connectivity index (χ1n) is 9.06. The molecule has 0 bridgehead atoms. The molecule has 0 unspecified atom stereocenters. The van der Waals surface area contributed by atoms with Crippen LogP contribution in [0.2, 0.25) is 0 Å². The highest BCUT2D eigenvalue weighted by molar-refractivity contribution is 5.87. The van der Waals surface area contributed by atoms with Crippen LogP contribution in [-0.2, 0) is 16.1 Å². The molecule has 2 fully saturated rings. The van der Waals surface area contributed by atoms with Crippen molar-refractivity contribution in [2.75, 3.05) is 13.2 Å². The number of carbonyl (C=O) groups excluding carboxylic acids is 1. The lowest BCUT2D eigenvalue weighted by Crippen LogP contribution is -2.32. The number of ether oxygens (including phenoxy) is 1. The van der Waals surface area contributed by atoms with E-state index in [1.807, 2.05) is 4.90 Å². The van der Waals surface area contributed by atoms with Gasteiger partial charge in [0, 0.05) is 26.1 Å². The lowest BCUT2D eigenvalue weighted by molar-refractivity contribution is -0.131. The van der Waals surface area contributed by atoms with Crippen LogP contribution in [0.1, 0.15) is 43.2 Å². The molecular formula is C21H25NO2. The zero-order valence-electron chi connectivity index (χ0n) is 14.4. The summed E-state index contributed by atoms with van der Waals surface area (Å²) in [6.07, 6.45) is 4.72. The van der Waals surface area contributed by atoms with Crippen LogP contribution in [0.25, 0.3) is 10.8 Å². The van der Waals surface area contributed by atoms with E-state index in [1.165, 1.54) is 21.9 Å². The first kappa shape index (κ1) is 15.6. The van der Waals surface area contributed by atoms with E-state index >= 15 is 0 Å². The molecule has 2 aliphatic heterocycles. The molecule has 2 heterocycles. The van der Waals surface area contributed by atoms with Gasteiger partial charge in [-0.3, -0.25) is 4.79 Å². The molecule has 0 N–H and O–H groups in total. The van der Waals surface area contributed by atoms with Gasteiger partial charge in [-0.25, -0.2) is 0 Å². The third-order valence-corrected chi connectivity index (χ3v) is 5.79. The molecule has 0 saturated carbocycles. The van der Waals surface area contributed by atoms with Crippen molar-refractivity contribution >= 4 is 16.7 Å². The van der Waals surface area contributed by atoms with Crippen molar-refractivity contribution in [1.29, 1.82) is 0 Å². The number of benzene rings is 2. The van der Waals surface area contributed by atoms with Gasteiger partial charge in [-0.2, -0.15) is 0 Å². The predicted octanol–water partition coefficient (Wildman–Crippen LogP) is 4.21. The molecule has 0 aromatic heterocycles. The molecule has 3 heteroatoms. The number of carbonyl (C=O) groups is 1. The minimum atomic E-state index is -0.0296. The second-order valence-electron chi connectivity index (χ2n) is 7.28. The Balaban J connectivity index is 1.61. The van der Waals surface area contributed by atoms with Crippen LogP contribution in [0.5, 0.6) is 0 Å². The molecule has 24 heavy (non-hydrogen) atoms. The number of hydrogen-bond donors (Lipinski definition) is 0. The zero-order valence-corrected chi connectivity index (χ0v) is 14.4. The molecule has 0 aliphatic carbocycles. The highest BCUT2D eigenvalue weighted by Gasteiger charge is 2.38. The summed E-state index contributed by atoms with van der Waals surface area (Å²) in [6.45, 7) is 4.52. The Bertz CT molecular complexity index is 762. The van der Waals surface area contributed by atoms with Crippen molar-refractivity contribution in [3.63, 3.8) is 0 Å². The summed E-state index contributed by atoms with van der Waals surface area (Å²) in [6, 6.07) is 12.8. The Morgan fingerprint density at radius 1 is 1.12 bits per heavy atom. The summed E-state index contributed by atoms with van der Waals surface area (Å²) < 4.78 is 6.02. The molecule has 1 spiro atoms. The van der Waals surface area contributed by atoms with Gasteiger partial charge in [-0.05, 0) is 54.5 Å². The molecule has 126 valence electrons. The number of nitrogens with zero attached hydrogens (tertiary/aromatic N) is 1. The largest absolute Gasteiger partial charge is 0.375 e. The van der Waals surface area contributed by atoms with Crippen molar-refractivity contribution in [3.05, 3.63) is 47.5 Å². The number of likely N-dealkylation sites (tertiary alicyclic amines) is 1. The third kappa shape index (κ3) is 2.82. The van der Waals surface area contributed by atoms with Crippen molar-refractivity contribution in [2.24, 2.45) is 0 Å². The van der Waals surface area contributed by atoms with Crippen molar-refractivity contribution < 1.29 is 9.53 Å². The molecule has 2 aromatic rings. The van der Waals surface area contributed by atoms with Crippen LogP contribution in [0.3, 0.4) is 0 Å². The summed E-state index contributed by atoms with van der Waals surface area (Å²) >= 11 is 0. The maximum absolute atomic E-state index is 12.7. The topological polar surface area (TPSA) is 29.5 Å². The van der Waals surface area contributed by atoms with Crippen LogP contribution in [-0.4, -0.2) is 29.6 Å². The fourth-order valence-corrected chi connectivity index (χ4v) is 4.24. The second-order valence-corrected chi connectivity index (χ2v) is 7.28. The molecular weight excluding hydrogens is 298 g/mol. The van der Waals surface area contributed by atoms with E-state index in [2.05, 4.69) is 43.3 Å². The van der Waals surface area contributed by atoms with E-state index in [0.717, 1.165) is 38.8 Å². The number of hydrogen-bond acceptors (Lipinski definition) is 2. The van der Waals surface area contributed by atoms with E-state index < -0.39 is 0 Å². The third-order valence-electron chi connectivity index (χ3n) is 5.79. The van der Waals surface area contributed by atoms with Gasteiger partial charge in [0.15, 0.2) is 0 Å². The van der Waals surface area contributed by atoms with Gasteiger partial charge in [0.05, 0.1) is 5.60 Å². The summed E-state index contributed by atoms with van der Waals surface area (Å²) in [5.41, 5.74) is 2.51. The standard InChI is InChI=1S/C21H25NO2/c1-16-7-8-17-5-2-3-6-18(17)19(16)15-22-13-12-21(10-4-14-24-21)11-9-20(22)23/h2-3,5-8H,4,9-15H2,1H3/t21-/m1/s1. The smallest absolute Gasteiger partial charge is 0.222 e. The SMILES string of the molecule is Cc1ccc2ccccc2c1CN1CC[C@@]2(CCCO2)CCC1=O. The van der Waals surface area contributed by atoms with Gasteiger partial charge < -0.3 is 9.64 Å². The molecule has 1 amide bonds. The Hall–Kier alpha value is -1.87. The van der Waals surface area contributed by atoms with Crippen LogP contribution in [0.15, 0.2) is 36.4 Å². The Morgan fingerprint density at radius 3 is 2.83 bits per heavy atom. The molecule has 0 radical (unpaired) electrons. The van der Waals surface area contributed by atoms with Gasteiger partial charge in [0.1, 0.15) is 0 Å². The molecule has 1 atom stereocenters. The number of fused-ring (bicyclic) bond motifs is 1. The highest BCUT2D eigenvalue weighted by Crippen LogP contribution is 2.36. The summed E-state index contributed by atoms with van der Waals surface area (Å²) in [4.78, 5) is 14.7. The van der Waals surface area contributed by atoms with E-state index in [0.29, 0.717) is 13.0 Å². The first-order valence-corrected chi connectivity index (χ1v) is 9.06. The minimum Gasteiger partial charge on any atom is -0.375 e. The minimum absolute atomic E-state index is 0.0296. The van der Waals surface area contributed by atoms with Gasteiger partial charge in [-0.1, -0.05) is 36.4 Å². The molecule has 4 rings (SSSR count). The van der Waals surface area contributed by atoms with E-state index in [4.69, 9.17) is 4.74 Å². The summed E-state index contributed by atoms with van der Waals surface area (Å²) in [5.74, 6) is 0.273. The lowest BCUT2D eigenvalue weighted by Gasteiger charge is -2.27. The second kappa shape index (κ2) is 6.21. The maximum atomic E-state index is 12.7. The van der Waals surface area contributed by atoms with Crippen molar-refractivity contribution in [1.82, 2.24) is 4.90 Å². The molecule has 2 aromatic carbocycles. The maximum Gasteiger partial charge on any atom is 0.222 e. The molecule has 3 nitrogen and oxygen atoms in total. The van der Waals surface area contributed by atoms with Gasteiger partial charge >= 0.3 is 0 Å². The zero-order chi connectivity index (χ0) is 16.6. The fourth-order valence-electron chi connectivity index (χ4n) is 4.24. The lowest BCUT2D eigenvalue weighted by atomic mass is 9.92. The fraction of sp³-hybridized carbons (Fsp3) is 0.476.